The largest absolute Gasteiger partial charge is 0.489 e. The third-order valence-corrected chi connectivity index (χ3v) is 6.61. The molecule has 0 atom stereocenters. The lowest BCUT2D eigenvalue weighted by Crippen LogP contribution is -2.27. The number of hydrogen-bond donors (Lipinski definition) is 0. The van der Waals surface area contributed by atoms with Gasteiger partial charge in [-0.05, 0) is 53.7 Å². The highest BCUT2D eigenvalue weighted by Gasteiger charge is 2.35. The maximum atomic E-state index is 12.9. The number of halogens is 2. The summed E-state index contributed by atoms with van der Waals surface area (Å²) in [5.74, 6) is 0.0196. The van der Waals surface area contributed by atoms with Crippen molar-refractivity contribution in [3.05, 3.63) is 108 Å². The first-order valence-electron chi connectivity index (χ1n) is 9.97. The molecule has 10 heteroatoms. The summed E-state index contributed by atoms with van der Waals surface area (Å²) in [5.41, 5.74) is 1.56. The molecule has 0 bridgehead atoms. The summed E-state index contributed by atoms with van der Waals surface area (Å²) in [5, 5.41) is 11.5. The molecular weight excluding hydrogens is 499 g/mol. The highest BCUT2D eigenvalue weighted by atomic mass is 35.5. The molecule has 0 aromatic heterocycles. The fraction of sp³-hybridized carbons (Fsp3) is 0.0833. The molecule has 2 amide bonds. The number of carbonyl (C=O) groups excluding carboxylic acids is 2. The molecule has 1 saturated heterocycles. The molecule has 1 heterocycles. The summed E-state index contributed by atoms with van der Waals surface area (Å²) >= 11 is 13.2. The van der Waals surface area contributed by atoms with E-state index in [0.717, 1.165) is 16.7 Å². The van der Waals surface area contributed by atoms with Gasteiger partial charge in [-0.25, -0.2) is 0 Å². The topological polar surface area (TPSA) is 89.7 Å². The Kier molecular flexibility index (Phi) is 7.21. The molecule has 0 radical (unpaired) electrons. The van der Waals surface area contributed by atoms with Crippen LogP contribution in [-0.2, 0) is 17.9 Å². The van der Waals surface area contributed by atoms with Gasteiger partial charge in [-0.2, -0.15) is 0 Å². The normalized spacial score (nSPS) is 14.6. The van der Waals surface area contributed by atoms with Gasteiger partial charge in [0.2, 0.25) is 0 Å². The summed E-state index contributed by atoms with van der Waals surface area (Å²) < 4.78 is 5.73. The third kappa shape index (κ3) is 5.25. The minimum Gasteiger partial charge on any atom is -0.489 e. The van der Waals surface area contributed by atoms with Crippen molar-refractivity contribution in [2.24, 2.45) is 0 Å². The van der Waals surface area contributed by atoms with Crippen molar-refractivity contribution >= 4 is 57.9 Å². The lowest BCUT2D eigenvalue weighted by Gasteiger charge is -2.14. The zero-order valence-electron chi connectivity index (χ0n) is 17.4. The number of rotatable bonds is 7. The average molecular weight is 515 g/mol. The first kappa shape index (κ1) is 23.8. The van der Waals surface area contributed by atoms with Crippen molar-refractivity contribution in [2.75, 3.05) is 0 Å². The maximum Gasteiger partial charge on any atom is 0.293 e. The molecule has 34 heavy (non-hydrogen) atoms. The SMILES string of the molecule is O=C1S/C(=C\c2cccc(OCc3ccccc3[N+](=O)[O-])c2)C(=O)N1Cc1c(Cl)cccc1Cl. The molecule has 0 aliphatic carbocycles. The lowest BCUT2D eigenvalue weighted by atomic mass is 10.1. The van der Waals surface area contributed by atoms with Crippen LogP contribution in [-0.4, -0.2) is 21.0 Å². The van der Waals surface area contributed by atoms with Crippen LogP contribution in [0.1, 0.15) is 16.7 Å². The molecule has 1 fully saturated rings. The van der Waals surface area contributed by atoms with E-state index in [9.17, 15) is 19.7 Å². The fourth-order valence-corrected chi connectivity index (χ4v) is 4.65. The minimum atomic E-state index is -0.457. The van der Waals surface area contributed by atoms with Crippen LogP contribution in [0.4, 0.5) is 10.5 Å². The molecule has 3 aromatic carbocycles. The lowest BCUT2D eigenvalue weighted by molar-refractivity contribution is -0.385. The van der Waals surface area contributed by atoms with Crippen molar-refractivity contribution in [3.8, 4) is 5.75 Å². The number of imide groups is 1. The summed E-state index contributed by atoms with van der Waals surface area (Å²) in [6.07, 6.45) is 1.59. The molecular formula is C24H16Cl2N2O5S. The van der Waals surface area contributed by atoms with Crippen molar-refractivity contribution < 1.29 is 19.2 Å². The van der Waals surface area contributed by atoms with Gasteiger partial charge in [0, 0.05) is 21.7 Å². The van der Waals surface area contributed by atoms with Crippen molar-refractivity contribution in [1.82, 2.24) is 4.90 Å². The molecule has 4 rings (SSSR count). The zero-order chi connectivity index (χ0) is 24.2. The van der Waals surface area contributed by atoms with Crippen LogP contribution < -0.4 is 4.74 Å². The number of benzene rings is 3. The van der Waals surface area contributed by atoms with E-state index in [1.165, 1.54) is 6.07 Å². The predicted molar refractivity (Wildman–Crippen MR) is 132 cm³/mol. The highest BCUT2D eigenvalue weighted by molar-refractivity contribution is 8.18. The first-order valence-corrected chi connectivity index (χ1v) is 11.5. The summed E-state index contributed by atoms with van der Waals surface area (Å²) in [6, 6.07) is 18.2. The molecule has 7 nitrogen and oxygen atoms in total. The van der Waals surface area contributed by atoms with E-state index in [1.54, 1.807) is 66.7 Å². The summed E-state index contributed by atoms with van der Waals surface area (Å²) in [7, 11) is 0. The smallest absolute Gasteiger partial charge is 0.293 e. The molecule has 3 aromatic rings. The predicted octanol–water partition coefficient (Wildman–Crippen LogP) is 6.72. The minimum absolute atomic E-state index is 0.00964. The van der Waals surface area contributed by atoms with E-state index in [-0.39, 0.29) is 23.7 Å². The van der Waals surface area contributed by atoms with Gasteiger partial charge >= 0.3 is 0 Å². The van der Waals surface area contributed by atoms with E-state index >= 15 is 0 Å². The van der Waals surface area contributed by atoms with Crippen LogP contribution in [0.25, 0.3) is 6.08 Å². The van der Waals surface area contributed by atoms with E-state index < -0.39 is 16.1 Å². The second-order valence-electron chi connectivity index (χ2n) is 7.22. The number of para-hydroxylation sites is 1. The third-order valence-electron chi connectivity index (χ3n) is 4.99. The first-order chi connectivity index (χ1) is 16.3. The molecule has 1 aliphatic heterocycles. The number of thioether (sulfide) groups is 1. The molecule has 1 aliphatic rings. The second-order valence-corrected chi connectivity index (χ2v) is 9.02. The maximum absolute atomic E-state index is 12.9. The number of amides is 2. The molecule has 172 valence electrons. The fourth-order valence-electron chi connectivity index (χ4n) is 3.30. The zero-order valence-corrected chi connectivity index (χ0v) is 19.8. The second kappa shape index (κ2) is 10.3. The van der Waals surface area contributed by atoms with Crippen molar-refractivity contribution in [3.63, 3.8) is 0 Å². The molecule has 0 unspecified atom stereocenters. The van der Waals surface area contributed by atoms with Gasteiger partial charge in [0.05, 0.1) is 21.9 Å². The van der Waals surface area contributed by atoms with Crippen LogP contribution in [0.15, 0.2) is 71.6 Å². The van der Waals surface area contributed by atoms with Crippen molar-refractivity contribution in [2.45, 2.75) is 13.2 Å². The highest BCUT2D eigenvalue weighted by Crippen LogP contribution is 2.36. The number of carbonyl (C=O) groups is 2. The van der Waals surface area contributed by atoms with Gasteiger partial charge in [-0.15, -0.1) is 0 Å². The van der Waals surface area contributed by atoms with Crippen LogP contribution in [0, 0.1) is 10.1 Å². The van der Waals surface area contributed by atoms with Gasteiger partial charge in [-0.3, -0.25) is 24.6 Å². The molecule has 0 N–H and O–H groups in total. The number of nitrogens with zero attached hydrogens (tertiary/aromatic N) is 2. The van der Waals surface area contributed by atoms with E-state index in [1.807, 2.05) is 0 Å². The van der Waals surface area contributed by atoms with E-state index in [2.05, 4.69) is 0 Å². The number of ether oxygens (including phenoxy) is 1. The van der Waals surface area contributed by atoms with Gasteiger partial charge < -0.3 is 4.74 Å². The molecule has 0 saturated carbocycles. The van der Waals surface area contributed by atoms with E-state index in [0.29, 0.717) is 32.5 Å². The Morgan fingerprint density at radius 2 is 1.71 bits per heavy atom. The Hall–Kier alpha value is -3.33. The Morgan fingerprint density at radius 3 is 2.44 bits per heavy atom. The van der Waals surface area contributed by atoms with Crippen molar-refractivity contribution in [1.29, 1.82) is 0 Å². The Morgan fingerprint density at radius 1 is 1.00 bits per heavy atom. The molecule has 0 spiro atoms. The average Bonchev–Trinajstić information content (AvgIpc) is 3.07. The van der Waals surface area contributed by atoms with Gasteiger partial charge in [0.1, 0.15) is 12.4 Å². The number of nitro benzene ring substituents is 1. The van der Waals surface area contributed by atoms with Gasteiger partial charge in [0.25, 0.3) is 16.8 Å². The van der Waals surface area contributed by atoms with Gasteiger partial charge in [-0.1, -0.05) is 53.5 Å². The Balaban J connectivity index is 1.49. The van der Waals surface area contributed by atoms with E-state index in [4.69, 9.17) is 27.9 Å². The number of hydrogen-bond acceptors (Lipinski definition) is 6. The summed E-state index contributed by atoms with van der Waals surface area (Å²) in [6.45, 7) is -0.0186. The Bertz CT molecular complexity index is 1310. The van der Waals surface area contributed by atoms with Crippen LogP contribution >= 0.6 is 35.0 Å². The van der Waals surface area contributed by atoms with Crippen LogP contribution in [0.3, 0.4) is 0 Å². The van der Waals surface area contributed by atoms with Crippen LogP contribution in [0.2, 0.25) is 10.0 Å². The quantitative estimate of drug-likeness (QED) is 0.197. The summed E-state index contributed by atoms with van der Waals surface area (Å²) in [4.78, 5) is 37.4. The van der Waals surface area contributed by atoms with Crippen LogP contribution in [0.5, 0.6) is 5.75 Å². The standard InChI is InChI=1S/C24H16Cl2N2O5S/c25-19-8-4-9-20(26)18(19)13-27-23(29)22(34-24(27)30)12-15-5-3-7-17(11-15)33-14-16-6-1-2-10-21(16)28(31)32/h1-12H,13-14H2/b22-12-. The monoisotopic (exact) mass is 514 g/mol. The Labute approximate surface area is 209 Å². The number of nitro groups is 1. The van der Waals surface area contributed by atoms with Gasteiger partial charge in [0.15, 0.2) is 0 Å².